The normalized spacial score (nSPS) is 23.5. The Morgan fingerprint density at radius 3 is 2.81 bits per heavy atom. The van der Waals surface area contributed by atoms with E-state index in [1.165, 1.54) is 15.6 Å². The van der Waals surface area contributed by atoms with Gasteiger partial charge in [0.1, 0.15) is 4.21 Å². The topological polar surface area (TPSA) is 57.6 Å². The standard InChI is InChI=1S/C10H15NO3S2/c1-8-4-5-10(15-8)16(13,14)11-6-2-3-9(12)7-11/h4-5,9,12H,2-3,6-7H2,1H3. The minimum absolute atomic E-state index is 0.222. The molecular weight excluding hydrogens is 246 g/mol. The number of rotatable bonds is 2. The highest BCUT2D eigenvalue weighted by atomic mass is 32.2. The Bertz CT molecular complexity index is 466. The first-order valence-electron chi connectivity index (χ1n) is 5.25. The average molecular weight is 261 g/mol. The molecule has 1 N–H and O–H groups in total. The van der Waals surface area contributed by atoms with Crippen LogP contribution in [0.25, 0.3) is 0 Å². The summed E-state index contributed by atoms with van der Waals surface area (Å²) in [7, 11) is -3.38. The van der Waals surface area contributed by atoms with Gasteiger partial charge in [0.25, 0.3) is 10.0 Å². The van der Waals surface area contributed by atoms with E-state index in [-0.39, 0.29) is 6.54 Å². The van der Waals surface area contributed by atoms with Crippen LogP contribution in [-0.2, 0) is 10.0 Å². The van der Waals surface area contributed by atoms with Crippen molar-refractivity contribution in [1.82, 2.24) is 4.31 Å². The molecule has 1 aromatic heterocycles. The van der Waals surface area contributed by atoms with E-state index in [9.17, 15) is 13.5 Å². The summed E-state index contributed by atoms with van der Waals surface area (Å²) in [5.41, 5.74) is 0. The number of aliphatic hydroxyl groups excluding tert-OH is 1. The average Bonchev–Trinajstić information content (AvgIpc) is 2.65. The predicted molar refractivity (Wildman–Crippen MR) is 63.1 cm³/mol. The first-order chi connectivity index (χ1) is 7.50. The Balaban J connectivity index is 2.25. The van der Waals surface area contributed by atoms with Crippen molar-refractivity contribution in [3.8, 4) is 0 Å². The maximum absolute atomic E-state index is 12.2. The monoisotopic (exact) mass is 261 g/mol. The molecule has 4 nitrogen and oxygen atoms in total. The number of aliphatic hydroxyl groups is 1. The summed E-state index contributed by atoms with van der Waals surface area (Å²) in [5.74, 6) is 0. The van der Waals surface area contributed by atoms with Crippen molar-refractivity contribution in [3.05, 3.63) is 17.0 Å². The maximum Gasteiger partial charge on any atom is 0.252 e. The largest absolute Gasteiger partial charge is 0.392 e. The Hall–Kier alpha value is -0.430. The molecule has 0 radical (unpaired) electrons. The Labute approximate surface area is 99.6 Å². The van der Waals surface area contributed by atoms with Gasteiger partial charge in [0.2, 0.25) is 0 Å². The molecule has 0 bridgehead atoms. The Morgan fingerprint density at radius 2 is 2.25 bits per heavy atom. The van der Waals surface area contributed by atoms with E-state index in [2.05, 4.69) is 0 Å². The van der Waals surface area contributed by atoms with E-state index in [1.54, 1.807) is 12.1 Å². The van der Waals surface area contributed by atoms with Gasteiger partial charge >= 0.3 is 0 Å². The van der Waals surface area contributed by atoms with E-state index in [4.69, 9.17) is 0 Å². The van der Waals surface area contributed by atoms with Crippen molar-refractivity contribution in [2.24, 2.45) is 0 Å². The second-order valence-corrected chi connectivity index (χ2v) is 7.48. The second kappa shape index (κ2) is 4.44. The van der Waals surface area contributed by atoms with E-state index < -0.39 is 16.1 Å². The lowest BCUT2D eigenvalue weighted by Gasteiger charge is -2.28. The Kier molecular flexibility index (Phi) is 3.34. The van der Waals surface area contributed by atoms with E-state index >= 15 is 0 Å². The Morgan fingerprint density at radius 1 is 1.50 bits per heavy atom. The van der Waals surface area contributed by atoms with E-state index in [1.807, 2.05) is 6.92 Å². The van der Waals surface area contributed by atoms with Gasteiger partial charge in [0.15, 0.2) is 0 Å². The van der Waals surface area contributed by atoms with Crippen molar-refractivity contribution in [2.45, 2.75) is 30.1 Å². The van der Waals surface area contributed by atoms with E-state index in [0.29, 0.717) is 17.2 Å². The maximum atomic E-state index is 12.2. The molecular formula is C10H15NO3S2. The molecule has 1 fully saturated rings. The highest BCUT2D eigenvalue weighted by Gasteiger charge is 2.30. The van der Waals surface area contributed by atoms with Gasteiger partial charge in [0, 0.05) is 18.0 Å². The zero-order chi connectivity index (χ0) is 11.8. The number of aryl methyl sites for hydroxylation is 1. The molecule has 0 amide bonds. The summed E-state index contributed by atoms with van der Waals surface area (Å²) >= 11 is 1.28. The fourth-order valence-corrected chi connectivity index (χ4v) is 4.77. The lowest BCUT2D eigenvalue weighted by atomic mass is 10.1. The molecule has 1 aliphatic heterocycles. The number of nitrogens with zero attached hydrogens (tertiary/aromatic N) is 1. The van der Waals surface area contributed by atoms with Crippen LogP contribution in [0.5, 0.6) is 0 Å². The molecule has 0 saturated carbocycles. The number of hydrogen-bond donors (Lipinski definition) is 1. The summed E-state index contributed by atoms with van der Waals surface area (Å²) in [6.07, 6.45) is 0.893. The van der Waals surface area contributed by atoms with Gasteiger partial charge in [-0.25, -0.2) is 8.42 Å². The van der Waals surface area contributed by atoms with Gasteiger partial charge in [-0.05, 0) is 31.9 Å². The van der Waals surface area contributed by atoms with Crippen molar-refractivity contribution in [2.75, 3.05) is 13.1 Å². The molecule has 0 aliphatic carbocycles. The summed E-state index contributed by atoms with van der Waals surface area (Å²) in [6.45, 7) is 2.62. The number of hydrogen-bond acceptors (Lipinski definition) is 4. The quantitative estimate of drug-likeness (QED) is 0.870. The molecule has 6 heteroatoms. The van der Waals surface area contributed by atoms with Crippen LogP contribution in [-0.4, -0.2) is 37.0 Å². The number of sulfonamides is 1. The summed E-state index contributed by atoms with van der Waals surface area (Å²) in [6, 6.07) is 3.44. The van der Waals surface area contributed by atoms with Crippen LogP contribution < -0.4 is 0 Å². The van der Waals surface area contributed by atoms with Crippen molar-refractivity contribution >= 4 is 21.4 Å². The minimum Gasteiger partial charge on any atom is -0.392 e. The molecule has 2 rings (SSSR count). The van der Waals surface area contributed by atoms with Gasteiger partial charge in [0.05, 0.1) is 6.10 Å². The van der Waals surface area contributed by atoms with Crippen LogP contribution in [0.2, 0.25) is 0 Å². The highest BCUT2D eigenvalue weighted by molar-refractivity contribution is 7.91. The molecule has 1 saturated heterocycles. The SMILES string of the molecule is Cc1ccc(S(=O)(=O)N2CCCC(O)C2)s1. The zero-order valence-corrected chi connectivity index (χ0v) is 10.7. The van der Waals surface area contributed by atoms with E-state index in [0.717, 1.165) is 11.3 Å². The van der Waals surface area contributed by atoms with Gasteiger partial charge in [-0.3, -0.25) is 0 Å². The third-order valence-corrected chi connectivity index (χ3v) is 6.00. The second-order valence-electron chi connectivity index (χ2n) is 4.02. The van der Waals surface area contributed by atoms with Gasteiger partial charge in [-0.15, -0.1) is 11.3 Å². The third-order valence-electron chi connectivity index (χ3n) is 2.67. The predicted octanol–water partition coefficient (Wildman–Crippen LogP) is 1.20. The molecule has 90 valence electrons. The summed E-state index contributed by atoms with van der Waals surface area (Å²) in [5, 5.41) is 9.49. The number of thiophene rings is 1. The molecule has 16 heavy (non-hydrogen) atoms. The number of piperidine rings is 1. The summed E-state index contributed by atoms with van der Waals surface area (Å²) in [4.78, 5) is 0.983. The van der Waals surface area contributed by atoms with Crippen LogP contribution in [0, 0.1) is 6.92 Å². The lowest BCUT2D eigenvalue weighted by molar-refractivity contribution is 0.108. The fourth-order valence-electron chi connectivity index (χ4n) is 1.82. The highest BCUT2D eigenvalue weighted by Crippen LogP contribution is 2.26. The molecule has 2 heterocycles. The van der Waals surface area contributed by atoms with Crippen LogP contribution >= 0.6 is 11.3 Å². The fraction of sp³-hybridized carbons (Fsp3) is 0.600. The first-order valence-corrected chi connectivity index (χ1v) is 7.50. The van der Waals surface area contributed by atoms with Gasteiger partial charge in [-0.2, -0.15) is 4.31 Å². The minimum atomic E-state index is -3.38. The summed E-state index contributed by atoms with van der Waals surface area (Å²) < 4.78 is 26.1. The zero-order valence-electron chi connectivity index (χ0n) is 9.09. The molecule has 0 spiro atoms. The van der Waals surface area contributed by atoms with Crippen molar-refractivity contribution < 1.29 is 13.5 Å². The molecule has 1 atom stereocenters. The molecule has 1 aliphatic rings. The molecule has 1 unspecified atom stereocenters. The smallest absolute Gasteiger partial charge is 0.252 e. The first kappa shape index (κ1) is 12.0. The third kappa shape index (κ3) is 2.29. The van der Waals surface area contributed by atoms with Gasteiger partial charge < -0.3 is 5.11 Å². The van der Waals surface area contributed by atoms with Crippen LogP contribution in [0.3, 0.4) is 0 Å². The van der Waals surface area contributed by atoms with Crippen LogP contribution in [0.15, 0.2) is 16.3 Å². The molecule has 0 aromatic carbocycles. The lowest BCUT2D eigenvalue weighted by Crippen LogP contribution is -2.41. The van der Waals surface area contributed by atoms with Crippen LogP contribution in [0.1, 0.15) is 17.7 Å². The number of β-amino-alcohol motifs (C(OH)–C–C–N with tert-alkyl or cyclic N) is 1. The van der Waals surface area contributed by atoms with Crippen LogP contribution in [0.4, 0.5) is 0 Å². The van der Waals surface area contributed by atoms with Crippen molar-refractivity contribution in [1.29, 1.82) is 0 Å². The van der Waals surface area contributed by atoms with Crippen molar-refractivity contribution in [3.63, 3.8) is 0 Å². The van der Waals surface area contributed by atoms with Gasteiger partial charge in [-0.1, -0.05) is 0 Å². The molecule has 1 aromatic rings.